The molecule has 0 aliphatic carbocycles. The fourth-order valence-corrected chi connectivity index (χ4v) is 2.80. The van der Waals surface area contributed by atoms with Gasteiger partial charge in [0.1, 0.15) is 0 Å². The van der Waals surface area contributed by atoms with Gasteiger partial charge in [-0.1, -0.05) is 17.7 Å². The van der Waals surface area contributed by atoms with Gasteiger partial charge in [-0.25, -0.2) is 4.98 Å². The Labute approximate surface area is 135 Å². The largest absolute Gasteiger partial charge is 0.481 e. The summed E-state index contributed by atoms with van der Waals surface area (Å²) in [7, 11) is 1.55. The average Bonchev–Trinajstić information content (AvgIpc) is 2.45. The van der Waals surface area contributed by atoms with Crippen LogP contribution in [0.3, 0.4) is 0 Å². The zero-order chi connectivity index (χ0) is 14.5. The van der Waals surface area contributed by atoms with Crippen LogP contribution < -0.4 is 10.1 Å². The van der Waals surface area contributed by atoms with E-state index in [4.69, 9.17) is 16.3 Å². The molecule has 0 aliphatic rings. The molecule has 0 unspecified atom stereocenters. The highest BCUT2D eigenvalue weighted by Crippen LogP contribution is 2.18. The van der Waals surface area contributed by atoms with E-state index in [0.717, 1.165) is 9.13 Å². The number of halogens is 2. The van der Waals surface area contributed by atoms with E-state index in [1.165, 1.54) is 0 Å². The van der Waals surface area contributed by atoms with Crippen LogP contribution in [0.25, 0.3) is 0 Å². The second kappa shape index (κ2) is 6.90. The molecule has 0 saturated carbocycles. The van der Waals surface area contributed by atoms with E-state index >= 15 is 0 Å². The third-order valence-electron chi connectivity index (χ3n) is 2.66. The normalized spacial score (nSPS) is 10.2. The molecule has 1 amide bonds. The lowest BCUT2D eigenvalue weighted by atomic mass is 10.2. The Morgan fingerprint density at radius 1 is 1.45 bits per heavy atom. The lowest BCUT2D eigenvalue weighted by Gasteiger charge is -2.09. The van der Waals surface area contributed by atoms with Crippen molar-refractivity contribution in [1.82, 2.24) is 10.3 Å². The molecule has 0 bridgehead atoms. The summed E-state index contributed by atoms with van der Waals surface area (Å²) in [5.41, 5.74) is 1.42. The van der Waals surface area contributed by atoms with Gasteiger partial charge in [-0.3, -0.25) is 4.79 Å². The number of hydrogen-bond acceptors (Lipinski definition) is 3. The number of carbonyl (C=O) groups is 1. The van der Waals surface area contributed by atoms with Crippen LogP contribution in [0.15, 0.2) is 36.5 Å². The van der Waals surface area contributed by atoms with Gasteiger partial charge in [0.25, 0.3) is 5.91 Å². The van der Waals surface area contributed by atoms with Crippen molar-refractivity contribution in [1.29, 1.82) is 0 Å². The van der Waals surface area contributed by atoms with Gasteiger partial charge in [0.15, 0.2) is 0 Å². The molecule has 20 heavy (non-hydrogen) atoms. The summed E-state index contributed by atoms with van der Waals surface area (Å²) in [5.74, 6) is 0.357. The molecule has 0 fully saturated rings. The third-order valence-corrected chi connectivity index (χ3v) is 3.79. The van der Waals surface area contributed by atoms with Crippen LogP contribution >= 0.6 is 34.2 Å². The van der Waals surface area contributed by atoms with Gasteiger partial charge in [0.05, 0.1) is 12.7 Å². The summed E-state index contributed by atoms with van der Waals surface area (Å²) in [6, 6.07) is 8.82. The highest BCUT2D eigenvalue weighted by atomic mass is 127. The van der Waals surface area contributed by atoms with Crippen LogP contribution in [-0.2, 0) is 6.54 Å². The second-order valence-electron chi connectivity index (χ2n) is 3.98. The highest BCUT2D eigenvalue weighted by Gasteiger charge is 2.11. The number of hydrogen-bond donors (Lipinski definition) is 1. The number of rotatable bonds is 4. The average molecular weight is 403 g/mol. The Balaban J connectivity index is 2.09. The summed E-state index contributed by atoms with van der Waals surface area (Å²) >= 11 is 7.96. The Hall–Kier alpha value is -1.34. The van der Waals surface area contributed by atoms with Crippen molar-refractivity contribution in [2.45, 2.75) is 6.54 Å². The molecule has 2 aromatic rings. The number of carbonyl (C=O) groups excluding carboxylic acids is 1. The number of benzene rings is 1. The standard InChI is InChI=1S/C14H12ClIN2O2/c1-20-14-9(3-2-6-17-14)8-18-13(19)11-5-4-10(15)7-12(11)16/h2-7H,8H2,1H3,(H,18,19). The van der Waals surface area contributed by atoms with Gasteiger partial charge in [0, 0.05) is 26.9 Å². The number of nitrogens with zero attached hydrogens (tertiary/aromatic N) is 1. The minimum atomic E-state index is -0.156. The van der Waals surface area contributed by atoms with Gasteiger partial charge >= 0.3 is 0 Å². The Kier molecular flexibility index (Phi) is 5.19. The molecule has 0 radical (unpaired) electrons. The fourth-order valence-electron chi connectivity index (χ4n) is 1.69. The van der Waals surface area contributed by atoms with Crippen molar-refractivity contribution in [2.75, 3.05) is 7.11 Å². The van der Waals surface area contributed by atoms with E-state index in [9.17, 15) is 4.79 Å². The quantitative estimate of drug-likeness (QED) is 0.799. The second-order valence-corrected chi connectivity index (χ2v) is 5.58. The molecule has 1 N–H and O–H groups in total. The van der Waals surface area contributed by atoms with Crippen molar-refractivity contribution in [3.05, 3.63) is 56.2 Å². The third kappa shape index (κ3) is 3.61. The van der Waals surface area contributed by atoms with E-state index in [-0.39, 0.29) is 5.91 Å². The monoisotopic (exact) mass is 402 g/mol. The fraction of sp³-hybridized carbons (Fsp3) is 0.143. The summed E-state index contributed by atoms with van der Waals surface area (Å²) in [4.78, 5) is 16.2. The zero-order valence-corrected chi connectivity index (χ0v) is 13.6. The number of amides is 1. The molecule has 104 valence electrons. The topological polar surface area (TPSA) is 51.2 Å². The van der Waals surface area contributed by atoms with Gasteiger partial charge in [-0.15, -0.1) is 0 Å². The molecule has 0 atom stereocenters. The van der Waals surface area contributed by atoms with Crippen LogP contribution in [0.4, 0.5) is 0 Å². The number of nitrogens with one attached hydrogen (secondary N) is 1. The van der Waals surface area contributed by atoms with Gasteiger partial charge in [-0.2, -0.15) is 0 Å². The minimum absolute atomic E-state index is 0.156. The van der Waals surface area contributed by atoms with Crippen LogP contribution in [-0.4, -0.2) is 18.0 Å². The predicted octanol–water partition coefficient (Wildman–Crippen LogP) is 3.28. The summed E-state index contributed by atoms with van der Waals surface area (Å²) in [6.45, 7) is 0.356. The number of aromatic nitrogens is 1. The van der Waals surface area contributed by atoms with Gasteiger partial charge < -0.3 is 10.1 Å². The predicted molar refractivity (Wildman–Crippen MR) is 86.1 cm³/mol. The van der Waals surface area contributed by atoms with Gasteiger partial charge in [-0.05, 0) is 46.9 Å². The molecular weight excluding hydrogens is 391 g/mol. The van der Waals surface area contributed by atoms with Crippen LogP contribution in [0.2, 0.25) is 5.02 Å². The molecule has 4 nitrogen and oxygen atoms in total. The number of pyridine rings is 1. The molecule has 0 spiro atoms. The first kappa shape index (κ1) is 15.1. The smallest absolute Gasteiger partial charge is 0.252 e. The molecule has 0 aliphatic heterocycles. The molecule has 1 aromatic heterocycles. The van der Waals surface area contributed by atoms with Crippen LogP contribution in [0, 0.1) is 3.57 Å². The van der Waals surface area contributed by atoms with E-state index < -0.39 is 0 Å². The van der Waals surface area contributed by atoms with Crippen molar-refractivity contribution in [3.63, 3.8) is 0 Å². The van der Waals surface area contributed by atoms with Gasteiger partial charge in [0.2, 0.25) is 5.88 Å². The Morgan fingerprint density at radius 2 is 2.25 bits per heavy atom. The molecular formula is C14H12ClIN2O2. The van der Waals surface area contributed by atoms with Crippen molar-refractivity contribution in [2.24, 2.45) is 0 Å². The Bertz CT molecular complexity index is 634. The highest BCUT2D eigenvalue weighted by molar-refractivity contribution is 14.1. The zero-order valence-electron chi connectivity index (χ0n) is 10.7. The summed E-state index contributed by atoms with van der Waals surface area (Å²) < 4.78 is 5.95. The maximum Gasteiger partial charge on any atom is 0.252 e. The first-order valence-electron chi connectivity index (χ1n) is 5.83. The molecule has 2 rings (SSSR count). The minimum Gasteiger partial charge on any atom is -0.481 e. The molecule has 0 saturated heterocycles. The molecule has 1 heterocycles. The molecule has 6 heteroatoms. The SMILES string of the molecule is COc1ncccc1CNC(=O)c1ccc(Cl)cc1I. The first-order chi connectivity index (χ1) is 9.61. The van der Waals surface area contributed by atoms with Crippen molar-refractivity contribution in [3.8, 4) is 5.88 Å². The Morgan fingerprint density at radius 3 is 2.95 bits per heavy atom. The number of ether oxygens (including phenoxy) is 1. The first-order valence-corrected chi connectivity index (χ1v) is 7.28. The summed E-state index contributed by atoms with van der Waals surface area (Å²) in [5, 5.41) is 3.45. The van der Waals surface area contributed by atoms with E-state index in [1.54, 1.807) is 37.6 Å². The lowest BCUT2D eigenvalue weighted by molar-refractivity contribution is 0.0949. The molecule has 1 aromatic carbocycles. The van der Waals surface area contributed by atoms with Crippen molar-refractivity contribution >= 4 is 40.1 Å². The summed E-state index contributed by atoms with van der Waals surface area (Å²) in [6.07, 6.45) is 1.65. The van der Waals surface area contributed by atoms with E-state index in [2.05, 4.69) is 32.9 Å². The van der Waals surface area contributed by atoms with E-state index in [0.29, 0.717) is 23.0 Å². The van der Waals surface area contributed by atoms with Crippen LogP contribution in [0.5, 0.6) is 5.88 Å². The lowest BCUT2D eigenvalue weighted by Crippen LogP contribution is -2.24. The maximum atomic E-state index is 12.1. The number of methoxy groups -OCH3 is 1. The maximum absolute atomic E-state index is 12.1. The van der Waals surface area contributed by atoms with E-state index in [1.807, 2.05) is 6.07 Å². The van der Waals surface area contributed by atoms with Crippen LogP contribution in [0.1, 0.15) is 15.9 Å². The van der Waals surface area contributed by atoms with Crippen molar-refractivity contribution < 1.29 is 9.53 Å².